The molecule has 4 aromatic rings. The zero-order chi connectivity index (χ0) is 31.2. The molecule has 2 nitrogen and oxygen atoms in total. The van der Waals surface area contributed by atoms with Gasteiger partial charge in [-0.25, -0.2) is 0 Å². The van der Waals surface area contributed by atoms with Gasteiger partial charge in [0.25, 0.3) is 0 Å². The minimum absolute atomic E-state index is 0. The van der Waals surface area contributed by atoms with Crippen molar-refractivity contribution >= 4 is 11.4 Å². The second kappa shape index (κ2) is 19.4. The van der Waals surface area contributed by atoms with Crippen LogP contribution in [0.1, 0.15) is 74.0 Å². The minimum Gasteiger partial charge on any atom is -0.686 e. The van der Waals surface area contributed by atoms with E-state index in [0.717, 1.165) is 37.1 Å². The molecule has 3 heteroatoms. The molecule has 0 aliphatic heterocycles. The Morgan fingerprint density at radius 1 is 0.488 bits per heavy atom. The molecule has 4 aromatic carbocycles. The zero-order valence-corrected chi connectivity index (χ0v) is 30.5. The van der Waals surface area contributed by atoms with Gasteiger partial charge in [0.1, 0.15) is 0 Å². The molecule has 43 heavy (non-hydrogen) atoms. The van der Waals surface area contributed by atoms with Crippen molar-refractivity contribution in [3.8, 4) is 0 Å². The smallest absolute Gasteiger partial charge is 0 e. The topological polar surface area (TPSA) is 28.2 Å². The Kier molecular flexibility index (Phi) is 17.2. The molecule has 0 N–H and O–H groups in total. The van der Waals surface area contributed by atoms with Crippen molar-refractivity contribution in [1.29, 1.82) is 0 Å². The van der Waals surface area contributed by atoms with Crippen LogP contribution in [-0.2, 0) is 26.2 Å². The fraction of sp³-hybridized carbons (Fsp3) is 0.325. The molecule has 0 aliphatic rings. The van der Waals surface area contributed by atoms with Gasteiger partial charge in [-0.1, -0.05) is 40.5 Å². The first-order valence-corrected chi connectivity index (χ1v) is 15.0. The molecule has 0 heterocycles. The van der Waals surface area contributed by atoms with Gasteiger partial charge in [0, 0.05) is 26.2 Å². The second-order valence-electron chi connectivity index (χ2n) is 11.2. The maximum absolute atomic E-state index is 4.91. The molecule has 4 rings (SSSR count). The van der Waals surface area contributed by atoms with E-state index in [2.05, 4.69) is 88.6 Å². The maximum atomic E-state index is 4.91. The first-order valence-electron chi connectivity index (χ1n) is 15.0. The molecular formula is C40H51N2Zr-5. The Hall–Kier alpha value is -2.90. The van der Waals surface area contributed by atoms with E-state index in [0.29, 0.717) is 0 Å². The molecule has 0 amide bonds. The van der Waals surface area contributed by atoms with E-state index in [9.17, 15) is 0 Å². The van der Waals surface area contributed by atoms with Crippen LogP contribution in [0.3, 0.4) is 0 Å². The van der Waals surface area contributed by atoms with Gasteiger partial charge in [-0.05, 0) is 90.1 Å². The predicted octanol–water partition coefficient (Wildman–Crippen LogP) is 11.9. The van der Waals surface area contributed by atoms with Gasteiger partial charge in [-0.2, -0.15) is 75.2 Å². The molecule has 0 unspecified atom stereocenters. The maximum Gasteiger partial charge on any atom is 0 e. The summed E-state index contributed by atoms with van der Waals surface area (Å²) in [5, 5.41) is 9.80. The Morgan fingerprint density at radius 2 is 0.814 bits per heavy atom. The van der Waals surface area contributed by atoms with Crippen LogP contribution in [0.15, 0.2) is 66.7 Å². The average molecular weight is 651 g/mol. The second-order valence-corrected chi connectivity index (χ2v) is 11.2. The Bertz CT molecular complexity index is 1300. The van der Waals surface area contributed by atoms with Crippen molar-refractivity contribution in [3.63, 3.8) is 0 Å². The number of unbranched alkanes of at least 4 members (excludes halogenated alkanes) is 2. The molecule has 0 atom stereocenters. The van der Waals surface area contributed by atoms with E-state index < -0.39 is 0 Å². The summed E-state index contributed by atoms with van der Waals surface area (Å²) >= 11 is 0. The molecule has 0 fully saturated rings. The van der Waals surface area contributed by atoms with Gasteiger partial charge in [-0.15, -0.1) is 35.6 Å². The average Bonchev–Trinajstić information content (AvgIpc) is 2.98. The van der Waals surface area contributed by atoms with Crippen LogP contribution in [-0.4, -0.2) is 13.1 Å². The van der Waals surface area contributed by atoms with Gasteiger partial charge < -0.3 is 17.1 Å². The van der Waals surface area contributed by atoms with E-state index in [4.69, 9.17) is 10.6 Å². The number of benzene rings is 4. The Morgan fingerprint density at radius 3 is 1.14 bits per heavy atom. The van der Waals surface area contributed by atoms with E-state index in [1.807, 2.05) is 60.7 Å². The summed E-state index contributed by atoms with van der Waals surface area (Å²) in [4.78, 5) is 0. The molecule has 0 aromatic heterocycles. The number of nitrogens with zero attached hydrogens (tertiary/aromatic N) is 2. The molecule has 230 valence electrons. The van der Waals surface area contributed by atoms with Crippen LogP contribution in [0, 0.1) is 82.6 Å². The number of rotatable bonds is 8. The summed E-state index contributed by atoms with van der Waals surface area (Å²) < 4.78 is 0. The molecule has 0 saturated heterocycles. The Balaban J connectivity index is 0.000000499. The van der Waals surface area contributed by atoms with E-state index in [-0.39, 0.29) is 26.2 Å². The van der Waals surface area contributed by atoms with Crippen molar-refractivity contribution in [2.45, 2.75) is 75.2 Å². The third-order valence-electron chi connectivity index (χ3n) is 8.18. The SMILES string of the molecule is Cc1cc(C)c(C)c([N-]CC[CH-]CC[N-]c2c(C)c(C)c(C)c(C)c2C)c1C.[CH2-]c1ccccc1.[CH2-]c1ccccc1.[Zr]. The molecule has 0 radical (unpaired) electrons. The Labute approximate surface area is 283 Å². The first-order chi connectivity index (χ1) is 20.0. The van der Waals surface area contributed by atoms with E-state index >= 15 is 0 Å². The summed E-state index contributed by atoms with van der Waals surface area (Å²) in [6.07, 6.45) is 4.34. The van der Waals surface area contributed by atoms with E-state index in [1.54, 1.807) is 0 Å². The minimum atomic E-state index is 0. The zero-order valence-electron chi connectivity index (χ0n) is 28.1. The summed E-state index contributed by atoms with van der Waals surface area (Å²) in [7, 11) is 0. The fourth-order valence-electron chi connectivity index (χ4n) is 4.79. The van der Waals surface area contributed by atoms with Crippen molar-refractivity contribution in [3.05, 3.63) is 159 Å². The van der Waals surface area contributed by atoms with E-state index in [1.165, 1.54) is 61.4 Å². The molecule has 0 aliphatic carbocycles. The van der Waals surface area contributed by atoms with Crippen LogP contribution >= 0.6 is 0 Å². The number of aryl methyl sites for hydroxylation is 2. The standard InChI is InChI=1S/C26H37N2.2C7H7.Zr/c1-16-15-17(2)19(4)25(18(16)3)27-13-11-10-12-14-28-26-23(8)21(6)20(5)22(7)24(26)9;2*1-7-5-3-2-4-6-7;/h10,15H,11-14H2,1-9H3;2*2-6H,1H2;/q-3;2*-1;. The van der Waals surface area contributed by atoms with Gasteiger partial charge in [0.15, 0.2) is 0 Å². The third-order valence-corrected chi connectivity index (χ3v) is 8.18. The largest absolute Gasteiger partial charge is 0.686 e. The normalized spacial score (nSPS) is 9.98. The summed E-state index contributed by atoms with van der Waals surface area (Å²) in [6.45, 7) is 28.9. The summed E-state index contributed by atoms with van der Waals surface area (Å²) in [5.41, 5.74) is 16.6. The van der Waals surface area contributed by atoms with Crippen LogP contribution in [0.2, 0.25) is 0 Å². The van der Waals surface area contributed by atoms with Crippen molar-refractivity contribution in [1.82, 2.24) is 0 Å². The quantitative estimate of drug-likeness (QED) is 0.134. The van der Waals surface area contributed by atoms with Crippen LogP contribution in [0.25, 0.3) is 10.6 Å². The van der Waals surface area contributed by atoms with Gasteiger partial charge >= 0.3 is 0 Å². The molecule has 0 spiro atoms. The summed E-state index contributed by atoms with van der Waals surface area (Å²) in [5.74, 6) is 0. The monoisotopic (exact) mass is 649 g/mol. The summed E-state index contributed by atoms with van der Waals surface area (Å²) in [6, 6.07) is 22.0. The van der Waals surface area contributed by atoms with Crippen molar-refractivity contribution in [2.24, 2.45) is 0 Å². The van der Waals surface area contributed by atoms with Crippen LogP contribution < -0.4 is 0 Å². The van der Waals surface area contributed by atoms with Gasteiger partial charge in [0.05, 0.1) is 0 Å². The van der Waals surface area contributed by atoms with Gasteiger partial charge in [0.2, 0.25) is 0 Å². The fourth-order valence-corrected chi connectivity index (χ4v) is 4.79. The van der Waals surface area contributed by atoms with Gasteiger partial charge in [-0.3, -0.25) is 0 Å². The first kappa shape index (κ1) is 38.1. The third kappa shape index (κ3) is 12.0. The molecular weight excluding hydrogens is 600 g/mol. The van der Waals surface area contributed by atoms with Crippen LogP contribution in [0.4, 0.5) is 11.4 Å². The molecule has 0 saturated carbocycles. The number of hydrogen-bond acceptors (Lipinski definition) is 0. The van der Waals surface area contributed by atoms with Crippen molar-refractivity contribution in [2.75, 3.05) is 13.1 Å². The number of hydrogen-bond donors (Lipinski definition) is 0. The predicted molar refractivity (Wildman–Crippen MR) is 187 cm³/mol. The van der Waals surface area contributed by atoms with Crippen LogP contribution in [0.5, 0.6) is 0 Å². The van der Waals surface area contributed by atoms with Crippen molar-refractivity contribution < 1.29 is 26.2 Å². The molecule has 0 bridgehead atoms.